The van der Waals surface area contributed by atoms with E-state index in [1.54, 1.807) is 7.05 Å². The first kappa shape index (κ1) is 7.50. The number of aliphatic carboxylic acids is 1. The Morgan fingerprint density at radius 1 is 1.60 bits per heavy atom. The van der Waals surface area contributed by atoms with Gasteiger partial charge in [-0.05, 0) is 19.9 Å². The number of carboxylic acid groups (broad SMARTS) is 1. The van der Waals surface area contributed by atoms with Crippen molar-refractivity contribution in [1.29, 1.82) is 0 Å². The van der Waals surface area contributed by atoms with Crippen LogP contribution in [-0.4, -0.2) is 40.4 Å². The van der Waals surface area contributed by atoms with Gasteiger partial charge in [-0.1, -0.05) is 0 Å². The molecule has 4 heteroatoms. The van der Waals surface area contributed by atoms with E-state index >= 15 is 0 Å². The van der Waals surface area contributed by atoms with Crippen LogP contribution in [-0.2, 0) is 4.79 Å². The molecule has 1 saturated heterocycles. The van der Waals surface area contributed by atoms with E-state index < -0.39 is 18.2 Å². The minimum atomic E-state index is -0.848. The first-order chi connectivity index (χ1) is 4.63. The van der Waals surface area contributed by atoms with Crippen molar-refractivity contribution >= 4 is 5.97 Å². The number of likely N-dealkylation sites (N-methyl/N-ethyl adjacent to an activating group) is 1. The quantitative estimate of drug-likeness (QED) is 0.521. The molecule has 10 heavy (non-hydrogen) atoms. The molecule has 1 fully saturated rings. The highest BCUT2D eigenvalue weighted by atomic mass is 16.4. The van der Waals surface area contributed by atoms with E-state index in [9.17, 15) is 4.79 Å². The van der Waals surface area contributed by atoms with Crippen molar-refractivity contribution in [3.8, 4) is 0 Å². The molecule has 1 aliphatic rings. The minimum Gasteiger partial charge on any atom is -0.480 e. The lowest BCUT2D eigenvalue weighted by Crippen LogP contribution is -2.37. The maximum atomic E-state index is 10.4. The average Bonchev–Trinajstić information content (AvgIpc) is 2.14. The van der Waals surface area contributed by atoms with Crippen molar-refractivity contribution < 1.29 is 15.0 Å². The van der Waals surface area contributed by atoms with Crippen LogP contribution in [0.15, 0.2) is 0 Å². The molecule has 0 radical (unpaired) electrons. The number of rotatable bonds is 1. The molecule has 2 atom stereocenters. The summed E-state index contributed by atoms with van der Waals surface area (Å²) in [4.78, 5) is 11.9. The Bertz CT molecular complexity index is 148. The summed E-state index contributed by atoms with van der Waals surface area (Å²) >= 11 is 0. The molecular weight excluding hydrogens is 134 g/mol. The molecule has 4 nitrogen and oxygen atoms in total. The molecule has 0 aromatic carbocycles. The van der Waals surface area contributed by atoms with Crippen molar-refractivity contribution in [1.82, 2.24) is 4.90 Å². The van der Waals surface area contributed by atoms with E-state index in [0.717, 1.165) is 0 Å². The first-order valence-electron chi connectivity index (χ1n) is 3.25. The molecule has 0 spiro atoms. The van der Waals surface area contributed by atoms with Gasteiger partial charge in [-0.25, -0.2) is 0 Å². The van der Waals surface area contributed by atoms with Gasteiger partial charge in [-0.15, -0.1) is 0 Å². The Hall–Kier alpha value is -0.610. The molecular formula is C6H11NO3. The molecule has 1 heterocycles. The Kier molecular flexibility index (Phi) is 1.92. The van der Waals surface area contributed by atoms with Crippen LogP contribution in [0.4, 0.5) is 0 Å². The molecule has 1 aliphatic heterocycles. The highest BCUT2D eigenvalue weighted by Gasteiger charge is 2.33. The Labute approximate surface area is 59.1 Å². The van der Waals surface area contributed by atoms with Crippen molar-refractivity contribution in [2.45, 2.75) is 25.1 Å². The number of carboxylic acids is 1. The van der Waals surface area contributed by atoms with E-state index in [1.807, 2.05) is 0 Å². The fourth-order valence-corrected chi connectivity index (χ4v) is 1.22. The van der Waals surface area contributed by atoms with Crippen molar-refractivity contribution in [3.63, 3.8) is 0 Å². The normalized spacial score (nSPS) is 34.6. The van der Waals surface area contributed by atoms with Crippen LogP contribution in [0, 0.1) is 0 Å². The number of aliphatic hydroxyl groups is 1. The Morgan fingerprint density at radius 2 is 2.20 bits per heavy atom. The molecule has 0 aromatic rings. The van der Waals surface area contributed by atoms with Gasteiger partial charge >= 0.3 is 5.97 Å². The first-order valence-corrected chi connectivity index (χ1v) is 3.25. The lowest BCUT2D eigenvalue weighted by atomic mass is 10.2. The number of nitrogens with zero attached hydrogens (tertiary/aromatic N) is 1. The maximum absolute atomic E-state index is 10.4. The third-order valence-corrected chi connectivity index (χ3v) is 1.95. The lowest BCUT2D eigenvalue weighted by molar-refractivity contribution is -0.143. The number of carbonyl (C=O) groups is 1. The summed E-state index contributed by atoms with van der Waals surface area (Å²) in [6, 6.07) is -0.491. The summed E-state index contributed by atoms with van der Waals surface area (Å²) in [5, 5.41) is 17.6. The molecule has 0 aliphatic carbocycles. The largest absolute Gasteiger partial charge is 0.480 e. The molecule has 0 amide bonds. The van der Waals surface area contributed by atoms with Crippen molar-refractivity contribution in [2.75, 3.05) is 7.05 Å². The second kappa shape index (κ2) is 2.56. The monoisotopic (exact) mass is 145 g/mol. The third-order valence-electron chi connectivity index (χ3n) is 1.95. The van der Waals surface area contributed by atoms with Gasteiger partial charge in [-0.2, -0.15) is 0 Å². The summed E-state index contributed by atoms with van der Waals surface area (Å²) < 4.78 is 0. The van der Waals surface area contributed by atoms with Crippen LogP contribution in [0.1, 0.15) is 12.8 Å². The van der Waals surface area contributed by atoms with Gasteiger partial charge in [0.25, 0.3) is 0 Å². The van der Waals surface area contributed by atoms with Gasteiger partial charge in [0, 0.05) is 0 Å². The fraction of sp³-hybridized carbons (Fsp3) is 0.833. The molecule has 0 aromatic heterocycles. The molecule has 0 bridgehead atoms. The zero-order valence-corrected chi connectivity index (χ0v) is 5.82. The number of hydrogen-bond donors (Lipinski definition) is 2. The van der Waals surface area contributed by atoms with Gasteiger partial charge < -0.3 is 10.2 Å². The summed E-state index contributed by atoms with van der Waals surface area (Å²) in [6.45, 7) is 0. The van der Waals surface area contributed by atoms with Gasteiger partial charge in [0.1, 0.15) is 12.3 Å². The van der Waals surface area contributed by atoms with Crippen LogP contribution in [0.25, 0.3) is 0 Å². The standard InChI is InChI=1S/C6H11NO3/c1-7-4(6(9)10)2-3-5(7)8/h4-5,8H,2-3H2,1H3,(H,9,10)/t4-,5+/m0/s1. The second-order valence-electron chi connectivity index (χ2n) is 2.58. The number of hydrogen-bond acceptors (Lipinski definition) is 3. The lowest BCUT2D eigenvalue weighted by Gasteiger charge is -2.17. The molecule has 2 N–H and O–H groups in total. The Morgan fingerprint density at radius 3 is 2.40 bits per heavy atom. The van der Waals surface area contributed by atoms with Crippen LogP contribution < -0.4 is 0 Å². The highest BCUT2D eigenvalue weighted by molar-refractivity contribution is 5.73. The summed E-state index contributed by atoms with van der Waals surface area (Å²) in [6.07, 6.45) is 0.543. The topological polar surface area (TPSA) is 60.8 Å². The second-order valence-corrected chi connectivity index (χ2v) is 2.58. The van der Waals surface area contributed by atoms with Gasteiger partial charge in [0.15, 0.2) is 0 Å². The minimum absolute atomic E-state index is 0.491. The van der Waals surface area contributed by atoms with Gasteiger partial charge in [0.2, 0.25) is 0 Å². The fourth-order valence-electron chi connectivity index (χ4n) is 1.22. The van der Waals surface area contributed by atoms with Crippen molar-refractivity contribution in [3.05, 3.63) is 0 Å². The number of likely N-dealkylation sites (tertiary alicyclic amines) is 1. The zero-order chi connectivity index (χ0) is 7.72. The van der Waals surface area contributed by atoms with Crippen LogP contribution in [0.3, 0.4) is 0 Å². The third kappa shape index (κ3) is 1.12. The summed E-state index contributed by atoms with van der Waals surface area (Å²) in [7, 11) is 1.62. The maximum Gasteiger partial charge on any atom is 0.320 e. The van der Waals surface area contributed by atoms with E-state index in [2.05, 4.69) is 0 Å². The highest BCUT2D eigenvalue weighted by Crippen LogP contribution is 2.19. The smallest absolute Gasteiger partial charge is 0.320 e. The SMILES string of the molecule is CN1[C@H](O)CC[C@H]1C(=O)O. The van der Waals surface area contributed by atoms with Crippen LogP contribution in [0.2, 0.25) is 0 Å². The van der Waals surface area contributed by atoms with Crippen LogP contribution in [0.5, 0.6) is 0 Å². The molecule has 1 rings (SSSR count). The van der Waals surface area contributed by atoms with Gasteiger partial charge in [-0.3, -0.25) is 9.69 Å². The van der Waals surface area contributed by atoms with Gasteiger partial charge in [0.05, 0.1) is 0 Å². The van der Waals surface area contributed by atoms with Crippen LogP contribution >= 0.6 is 0 Å². The summed E-state index contributed by atoms with van der Waals surface area (Å²) in [5.41, 5.74) is 0. The summed E-state index contributed by atoms with van der Waals surface area (Å²) in [5.74, 6) is -0.848. The van der Waals surface area contributed by atoms with E-state index in [1.165, 1.54) is 4.90 Å². The van der Waals surface area contributed by atoms with E-state index in [0.29, 0.717) is 12.8 Å². The van der Waals surface area contributed by atoms with E-state index in [4.69, 9.17) is 10.2 Å². The van der Waals surface area contributed by atoms with E-state index in [-0.39, 0.29) is 0 Å². The average molecular weight is 145 g/mol. The molecule has 0 unspecified atom stereocenters. The number of aliphatic hydroxyl groups excluding tert-OH is 1. The molecule has 58 valence electrons. The Balaban J connectivity index is 2.57. The molecule has 0 saturated carbocycles. The predicted octanol–water partition coefficient (Wildman–Crippen LogP) is -0.516. The zero-order valence-electron chi connectivity index (χ0n) is 5.82. The van der Waals surface area contributed by atoms with Crippen molar-refractivity contribution in [2.24, 2.45) is 0 Å². The predicted molar refractivity (Wildman–Crippen MR) is 34.4 cm³/mol.